The molecule has 2 heterocycles. The largest absolute Gasteiger partial charge is 0.373 e. The minimum Gasteiger partial charge on any atom is -0.373 e. The highest BCUT2D eigenvalue weighted by atomic mass is 32.2. The Bertz CT molecular complexity index is 609. The van der Waals surface area contributed by atoms with Gasteiger partial charge in [-0.2, -0.15) is 0 Å². The first-order valence-electron chi connectivity index (χ1n) is 6.57. The monoisotopic (exact) mass is 290 g/mol. The third-order valence-corrected chi connectivity index (χ3v) is 3.68. The van der Waals surface area contributed by atoms with Crippen LogP contribution in [-0.2, 0) is 12.2 Å². The van der Waals surface area contributed by atoms with Crippen molar-refractivity contribution in [3.05, 3.63) is 46.0 Å². The number of H-pyrrole nitrogens is 1. The summed E-state index contributed by atoms with van der Waals surface area (Å²) in [6.45, 7) is 2.07. The molecule has 0 aliphatic heterocycles. The van der Waals surface area contributed by atoms with Crippen molar-refractivity contribution in [2.24, 2.45) is 0 Å². The van der Waals surface area contributed by atoms with E-state index < -0.39 is 0 Å². The van der Waals surface area contributed by atoms with E-state index in [1.807, 2.05) is 25.4 Å². The average molecular weight is 290 g/mol. The Morgan fingerprint density at radius 1 is 1.40 bits per heavy atom. The molecule has 2 aromatic heterocycles. The van der Waals surface area contributed by atoms with E-state index in [9.17, 15) is 4.79 Å². The zero-order valence-electron chi connectivity index (χ0n) is 11.6. The van der Waals surface area contributed by atoms with Gasteiger partial charge >= 0.3 is 0 Å². The molecule has 20 heavy (non-hydrogen) atoms. The van der Waals surface area contributed by atoms with Gasteiger partial charge in [0, 0.05) is 30.8 Å². The lowest BCUT2D eigenvalue weighted by atomic mass is 10.2. The highest BCUT2D eigenvalue weighted by Gasteiger charge is 2.03. The molecule has 2 N–H and O–H groups in total. The van der Waals surface area contributed by atoms with E-state index in [0.717, 1.165) is 35.7 Å². The number of aromatic nitrogens is 3. The smallest absolute Gasteiger partial charge is 0.251 e. The van der Waals surface area contributed by atoms with Gasteiger partial charge in [-0.3, -0.25) is 4.79 Å². The number of hydrogen-bond acceptors (Lipinski definition) is 5. The molecule has 0 aromatic carbocycles. The molecule has 0 saturated carbocycles. The van der Waals surface area contributed by atoms with Gasteiger partial charge < -0.3 is 10.3 Å². The number of thioether (sulfide) groups is 1. The molecule has 6 heteroatoms. The Balaban J connectivity index is 2.04. The fraction of sp³-hybridized carbons (Fsp3) is 0.357. The molecule has 0 radical (unpaired) electrons. The summed E-state index contributed by atoms with van der Waals surface area (Å²) in [4.78, 5) is 23.0. The van der Waals surface area contributed by atoms with Gasteiger partial charge in [0.1, 0.15) is 5.82 Å². The van der Waals surface area contributed by atoms with Crippen LogP contribution in [0.15, 0.2) is 34.3 Å². The number of pyridine rings is 1. The quantitative estimate of drug-likeness (QED) is 0.631. The molecular formula is C14H18N4OS. The molecule has 0 bridgehead atoms. The van der Waals surface area contributed by atoms with E-state index in [2.05, 4.69) is 27.2 Å². The maximum absolute atomic E-state index is 11.6. The number of anilines is 1. The van der Waals surface area contributed by atoms with Crippen LogP contribution >= 0.6 is 11.8 Å². The van der Waals surface area contributed by atoms with E-state index in [0.29, 0.717) is 5.16 Å². The summed E-state index contributed by atoms with van der Waals surface area (Å²) < 4.78 is 0. The number of rotatable bonds is 6. The fourth-order valence-corrected chi connectivity index (χ4v) is 2.57. The molecule has 0 spiro atoms. The molecule has 2 aromatic rings. The second kappa shape index (κ2) is 7.09. The van der Waals surface area contributed by atoms with E-state index in [1.54, 1.807) is 6.07 Å². The molecule has 0 aliphatic carbocycles. The normalized spacial score (nSPS) is 10.5. The molecule has 0 atom stereocenters. The minimum absolute atomic E-state index is 0.0883. The van der Waals surface area contributed by atoms with Gasteiger partial charge in [-0.15, -0.1) is 0 Å². The summed E-state index contributed by atoms with van der Waals surface area (Å²) >= 11 is 1.51. The van der Waals surface area contributed by atoms with Crippen LogP contribution in [0.5, 0.6) is 0 Å². The number of nitrogens with zero attached hydrogens (tertiary/aromatic N) is 2. The Morgan fingerprint density at radius 2 is 2.25 bits per heavy atom. The van der Waals surface area contributed by atoms with Gasteiger partial charge in [0.25, 0.3) is 5.56 Å². The lowest BCUT2D eigenvalue weighted by Gasteiger charge is -2.04. The second-order valence-electron chi connectivity index (χ2n) is 4.38. The molecule has 5 nitrogen and oxygen atoms in total. The Labute approximate surface area is 122 Å². The van der Waals surface area contributed by atoms with Crippen molar-refractivity contribution in [2.45, 2.75) is 30.7 Å². The van der Waals surface area contributed by atoms with Gasteiger partial charge in [-0.1, -0.05) is 31.2 Å². The maximum Gasteiger partial charge on any atom is 0.251 e. The van der Waals surface area contributed by atoms with Crippen LogP contribution in [0, 0.1) is 0 Å². The first kappa shape index (κ1) is 14.6. The van der Waals surface area contributed by atoms with Crippen molar-refractivity contribution < 1.29 is 0 Å². The van der Waals surface area contributed by atoms with Crippen molar-refractivity contribution in [3.8, 4) is 0 Å². The first-order chi connectivity index (χ1) is 9.71. The standard InChI is InChI=1S/C14H18N4OS/c1-3-4-11-7-13(19)18-14(17-11)20-9-10-5-6-12(15-2)16-8-10/h5-8H,3-4,9H2,1-2H3,(H,15,16)(H,17,18,19). The molecule has 106 valence electrons. The molecule has 0 aliphatic rings. The summed E-state index contributed by atoms with van der Waals surface area (Å²) in [7, 11) is 1.84. The van der Waals surface area contributed by atoms with Crippen LogP contribution in [-0.4, -0.2) is 22.0 Å². The minimum atomic E-state index is -0.0883. The third kappa shape index (κ3) is 4.09. The third-order valence-electron chi connectivity index (χ3n) is 2.74. The Morgan fingerprint density at radius 3 is 2.90 bits per heavy atom. The first-order valence-corrected chi connectivity index (χ1v) is 7.55. The highest BCUT2D eigenvalue weighted by Crippen LogP contribution is 2.18. The SMILES string of the molecule is CCCc1cc(=O)[nH]c(SCc2ccc(NC)nc2)n1. The van der Waals surface area contributed by atoms with Crippen molar-refractivity contribution in [2.75, 3.05) is 12.4 Å². The molecule has 0 amide bonds. The predicted octanol–water partition coefficient (Wildman–Crippen LogP) is 2.45. The Kier molecular flexibility index (Phi) is 5.17. The van der Waals surface area contributed by atoms with Gasteiger partial charge in [0.15, 0.2) is 5.16 Å². The Hall–Kier alpha value is -1.82. The summed E-state index contributed by atoms with van der Waals surface area (Å²) in [6.07, 6.45) is 3.64. The summed E-state index contributed by atoms with van der Waals surface area (Å²) in [5.74, 6) is 1.57. The van der Waals surface area contributed by atoms with Gasteiger partial charge in [-0.05, 0) is 18.1 Å². The maximum atomic E-state index is 11.6. The molecular weight excluding hydrogens is 272 g/mol. The number of aryl methyl sites for hydroxylation is 1. The van der Waals surface area contributed by atoms with Crippen LogP contribution in [0.3, 0.4) is 0 Å². The zero-order valence-corrected chi connectivity index (χ0v) is 12.5. The van der Waals surface area contributed by atoms with E-state index >= 15 is 0 Å². The fourth-order valence-electron chi connectivity index (χ4n) is 1.75. The predicted molar refractivity (Wildman–Crippen MR) is 82.2 cm³/mol. The van der Waals surface area contributed by atoms with Crippen molar-refractivity contribution in [3.63, 3.8) is 0 Å². The molecule has 2 rings (SSSR count). The lowest BCUT2D eigenvalue weighted by molar-refractivity contribution is 0.816. The summed E-state index contributed by atoms with van der Waals surface area (Å²) in [6, 6.07) is 5.51. The van der Waals surface area contributed by atoms with E-state index in [4.69, 9.17) is 0 Å². The molecule has 0 saturated heterocycles. The summed E-state index contributed by atoms with van der Waals surface area (Å²) in [5, 5.41) is 3.64. The van der Waals surface area contributed by atoms with E-state index in [1.165, 1.54) is 11.8 Å². The van der Waals surface area contributed by atoms with Crippen LogP contribution in [0.1, 0.15) is 24.6 Å². The molecule has 0 fully saturated rings. The van der Waals surface area contributed by atoms with Crippen LogP contribution in [0.2, 0.25) is 0 Å². The van der Waals surface area contributed by atoms with E-state index in [-0.39, 0.29) is 5.56 Å². The van der Waals surface area contributed by atoms with Crippen molar-refractivity contribution >= 4 is 17.6 Å². The second-order valence-corrected chi connectivity index (χ2v) is 5.35. The van der Waals surface area contributed by atoms with Crippen LogP contribution < -0.4 is 10.9 Å². The highest BCUT2D eigenvalue weighted by molar-refractivity contribution is 7.98. The topological polar surface area (TPSA) is 70.7 Å². The van der Waals surface area contributed by atoms with Crippen LogP contribution in [0.25, 0.3) is 0 Å². The number of nitrogens with one attached hydrogen (secondary N) is 2. The van der Waals surface area contributed by atoms with Crippen molar-refractivity contribution in [1.29, 1.82) is 0 Å². The zero-order chi connectivity index (χ0) is 14.4. The average Bonchev–Trinajstić information content (AvgIpc) is 2.45. The number of aromatic amines is 1. The van der Waals surface area contributed by atoms with Gasteiger partial charge in [-0.25, -0.2) is 9.97 Å². The molecule has 0 unspecified atom stereocenters. The summed E-state index contributed by atoms with van der Waals surface area (Å²) in [5.41, 5.74) is 1.86. The van der Waals surface area contributed by atoms with Gasteiger partial charge in [0.2, 0.25) is 0 Å². The van der Waals surface area contributed by atoms with Crippen LogP contribution in [0.4, 0.5) is 5.82 Å². The van der Waals surface area contributed by atoms with Crippen molar-refractivity contribution in [1.82, 2.24) is 15.0 Å². The lowest BCUT2D eigenvalue weighted by Crippen LogP contribution is -2.09. The number of hydrogen-bond donors (Lipinski definition) is 2. The van der Waals surface area contributed by atoms with Gasteiger partial charge in [0.05, 0.1) is 0 Å².